The van der Waals surface area contributed by atoms with Gasteiger partial charge in [-0.15, -0.1) is 0 Å². The van der Waals surface area contributed by atoms with Gasteiger partial charge >= 0.3 is 59.3 Å². The van der Waals surface area contributed by atoms with Crippen molar-refractivity contribution in [3.8, 4) is 0 Å². The molecule has 0 unspecified atom stereocenters. The first-order chi connectivity index (χ1) is 1.00. The van der Waals surface area contributed by atoms with Crippen LogP contribution in [0.1, 0.15) is 0 Å². The normalized spacial score (nSPS) is 1.75. The van der Waals surface area contributed by atoms with Crippen molar-refractivity contribution < 1.29 is 3.38 Å². The van der Waals surface area contributed by atoms with Crippen molar-refractivity contribution in [1.82, 2.24) is 0 Å². The monoisotopic (exact) mass is 98.0 g/mol. The first kappa shape index (κ1) is 16.2. The molecule has 0 aliphatic carbocycles. The summed E-state index contributed by atoms with van der Waals surface area (Å²) < 4.78 is 9.50. The van der Waals surface area contributed by atoms with E-state index in [1.54, 1.807) is 0 Å². The van der Waals surface area contributed by atoms with Gasteiger partial charge < -0.3 is 0 Å². The third-order valence-electron chi connectivity index (χ3n) is 0. The van der Waals surface area contributed by atoms with Crippen molar-refractivity contribution in [3.05, 3.63) is 0 Å². The van der Waals surface area contributed by atoms with Gasteiger partial charge in [0.15, 0.2) is 17.4 Å². The molecule has 0 bridgehead atoms. The summed E-state index contributed by atoms with van der Waals surface area (Å²) in [6.45, 7) is 0. The van der Waals surface area contributed by atoms with E-state index in [1.807, 2.05) is 0 Å². The van der Waals surface area contributed by atoms with E-state index >= 15 is 0 Å². The summed E-state index contributed by atoms with van der Waals surface area (Å²) in [5, 5.41) is 0. The standard InChI is InChI=1S/Al.Ca.FH.Li.5H/h;;1H;;;;;;/q;;;+1;;;;;/p-1. The zero-order chi connectivity index (χ0) is 2.00. The predicted molar refractivity (Wildman–Crippen MR) is 25.3 cm³/mol. The maximum absolute atomic E-state index is 9.50. The molecule has 0 rings (SSSR count). The van der Waals surface area contributed by atoms with E-state index in [1.165, 1.54) is 0 Å². The van der Waals surface area contributed by atoms with Crippen molar-refractivity contribution in [1.29, 1.82) is 0 Å². The second-order valence-corrected chi connectivity index (χ2v) is 0. The van der Waals surface area contributed by atoms with E-state index in [-0.39, 0.29) is 55.1 Å². The Kier molecular flexibility index (Phi) is 74.8. The number of halogens is 1. The van der Waals surface area contributed by atoms with Gasteiger partial charge in [-0.3, -0.25) is 0 Å². The van der Waals surface area contributed by atoms with E-state index in [2.05, 4.69) is 0 Å². The number of hydrogen-bond acceptors (Lipinski definition) is 0. The SMILES string of the molecule is [AlH3].[CaH2].[Li][F]. The van der Waals surface area contributed by atoms with Crippen molar-refractivity contribution in [3.63, 3.8) is 0 Å². The summed E-state index contributed by atoms with van der Waals surface area (Å²) in [6, 6.07) is 0. The average molecular weight is 98.0 g/mol. The van der Waals surface area contributed by atoms with Gasteiger partial charge in [-0.1, -0.05) is 0 Å². The zero-order valence-corrected chi connectivity index (χ0v) is 1.38. The van der Waals surface area contributed by atoms with Crippen LogP contribution in [0.15, 0.2) is 0 Å². The van der Waals surface area contributed by atoms with Crippen LogP contribution in [0.4, 0.5) is 3.38 Å². The molecule has 0 aliphatic heterocycles. The predicted octanol–water partition coefficient (Wildman–Crippen LogP) is -2.06. The molecule has 0 saturated carbocycles. The molecule has 0 aromatic heterocycles. The second-order valence-electron chi connectivity index (χ2n) is 0. The van der Waals surface area contributed by atoms with Crippen LogP contribution in [0, 0.1) is 0 Å². The maximum atomic E-state index is 9.50. The molecule has 0 saturated heterocycles. The summed E-state index contributed by atoms with van der Waals surface area (Å²) >= 11 is 0.500. The second kappa shape index (κ2) is 18.4. The Morgan fingerprint density at radius 1 is 1.25 bits per heavy atom. The Labute approximate surface area is 75.4 Å². The molecule has 0 aliphatic rings. The summed E-state index contributed by atoms with van der Waals surface area (Å²) in [5.41, 5.74) is 0. The molecule has 0 aromatic rings. The van der Waals surface area contributed by atoms with Crippen molar-refractivity contribution in [2.24, 2.45) is 0 Å². The molecule has 0 heterocycles. The fourth-order valence-corrected chi connectivity index (χ4v) is 0. The van der Waals surface area contributed by atoms with Gasteiger partial charge in [0, 0.05) is 0 Å². The van der Waals surface area contributed by atoms with Crippen LogP contribution in [0.2, 0.25) is 0 Å². The van der Waals surface area contributed by atoms with E-state index in [4.69, 9.17) is 0 Å². The van der Waals surface area contributed by atoms with Gasteiger partial charge in [0.25, 0.3) is 0 Å². The Morgan fingerprint density at radius 2 is 1.25 bits per heavy atom. The quantitative estimate of drug-likeness (QED) is 0.306. The van der Waals surface area contributed by atoms with Gasteiger partial charge in [-0.2, -0.15) is 0 Å². The van der Waals surface area contributed by atoms with Gasteiger partial charge in [-0.25, -0.2) is 0 Å². The van der Waals surface area contributed by atoms with Gasteiger partial charge in [0.05, 0.1) is 0 Å². The zero-order valence-electron chi connectivity index (χ0n) is 1.38. The van der Waals surface area contributed by atoms with Crippen LogP contribution in [0.5, 0.6) is 0 Å². The Hall–Kier alpha value is 2.32. The van der Waals surface area contributed by atoms with Crippen LogP contribution in [-0.2, 0) is 0 Å². The Morgan fingerprint density at radius 3 is 1.25 bits per heavy atom. The molecule has 0 fully saturated rings. The molecule has 0 spiro atoms. The van der Waals surface area contributed by atoms with Gasteiger partial charge in [0.1, 0.15) is 0 Å². The van der Waals surface area contributed by atoms with E-state index in [0.717, 1.165) is 0 Å². The number of hydrogen-bond donors (Lipinski definition) is 0. The van der Waals surface area contributed by atoms with Crippen LogP contribution < -0.4 is 0 Å². The van der Waals surface area contributed by atoms with Crippen molar-refractivity contribution >= 4 is 73.3 Å². The first-order valence-corrected chi connectivity index (χ1v) is 0.378. The summed E-state index contributed by atoms with van der Waals surface area (Å²) in [4.78, 5) is 0. The molecule has 18 valence electrons. The van der Waals surface area contributed by atoms with Crippen LogP contribution >= 0.6 is 0 Å². The molecule has 0 aromatic carbocycles. The molecule has 4 heteroatoms. The Balaban J connectivity index is -0.00000000500. The minimum atomic E-state index is 0. The third-order valence-corrected chi connectivity index (χ3v) is 0. The van der Waals surface area contributed by atoms with Crippen molar-refractivity contribution in [2.45, 2.75) is 0 Å². The van der Waals surface area contributed by atoms with Gasteiger partial charge in [0.2, 0.25) is 0 Å². The van der Waals surface area contributed by atoms with Crippen LogP contribution in [-0.4, -0.2) is 73.3 Å². The van der Waals surface area contributed by atoms with Gasteiger partial charge in [-0.05, 0) is 0 Å². The van der Waals surface area contributed by atoms with E-state index in [9.17, 15) is 3.38 Å². The molecular weight excluding hydrogens is 93.0 g/mol. The molecule has 0 N–H and O–H groups in total. The average Bonchev–Trinajstić information content (AvgIpc) is 1.00. The molecule has 0 amide bonds. The topological polar surface area (TPSA) is 0 Å². The van der Waals surface area contributed by atoms with Crippen molar-refractivity contribution in [2.75, 3.05) is 0 Å². The summed E-state index contributed by atoms with van der Waals surface area (Å²) in [7, 11) is 0. The van der Waals surface area contributed by atoms with Crippen LogP contribution in [0.25, 0.3) is 0 Å². The molecular formula is H5AlCaFLi. The molecule has 0 nitrogen and oxygen atoms in total. The van der Waals surface area contributed by atoms with Crippen LogP contribution in [0.3, 0.4) is 0 Å². The fourth-order valence-electron chi connectivity index (χ4n) is 0. The third kappa shape index (κ3) is 8.85. The van der Waals surface area contributed by atoms with E-state index < -0.39 is 0 Å². The first-order valence-electron chi connectivity index (χ1n) is 0.378. The molecule has 4 heavy (non-hydrogen) atoms. The molecule has 0 atom stereocenters. The number of rotatable bonds is 0. The summed E-state index contributed by atoms with van der Waals surface area (Å²) in [6.07, 6.45) is 0. The fraction of sp³-hybridized carbons (Fsp3) is 0. The molecule has 0 radical (unpaired) electrons. The Bertz CT molecular complexity index is 8.00. The van der Waals surface area contributed by atoms with E-state index in [0.29, 0.717) is 18.2 Å². The minimum absolute atomic E-state index is 0. The summed E-state index contributed by atoms with van der Waals surface area (Å²) in [5.74, 6) is 0.